The van der Waals surface area contributed by atoms with E-state index in [0.717, 1.165) is 6.42 Å². The van der Waals surface area contributed by atoms with Gasteiger partial charge in [-0.15, -0.1) is 0 Å². The minimum atomic E-state index is -0.663. The smallest absolute Gasteiger partial charge is 0.310 e. The summed E-state index contributed by atoms with van der Waals surface area (Å²) in [7, 11) is 0. The van der Waals surface area contributed by atoms with E-state index in [2.05, 4.69) is 0 Å². The molecule has 0 saturated carbocycles. The number of carbonyl (C=O) groups is 1. The summed E-state index contributed by atoms with van der Waals surface area (Å²) in [5.74, 6) is 0.0538. The number of hydrogen-bond acceptors (Lipinski definition) is 7. The third-order valence-corrected chi connectivity index (χ3v) is 3.70. The Morgan fingerprint density at radius 2 is 2.04 bits per heavy atom. The Morgan fingerprint density at radius 3 is 2.70 bits per heavy atom. The number of rotatable bonds is 9. The van der Waals surface area contributed by atoms with Crippen molar-refractivity contribution < 1.29 is 23.6 Å². The maximum atomic E-state index is 12.0. The highest BCUT2D eigenvalue weighted by Gasteiger charge is 2.16. The topological polar surface area (TPSA) is 109 Å². The molecule has 0 fully saturated rings. The van der Waals surface area contributed by atoms with Crippen LogP contribution >= 0.6 is 0 Å². The Kier molecular flexibility index (Phi) is 7.10. The second-order valence-electron chi connectivity index (χ2n) is 6.33. The molecule has 144 valence electrons. The lowest BCUT2D eigenvalue weighted by molar-refractivity contribution is -0.385. The molecule has 0 N–H and O–H groups in total. The van der Waals surface area contributed by atoms with Crippen LogP contribution in [0.4, 0.5) is 5.69 Å². The van der Waals surface area contributed by atoms with Crippen LogP contribution in [0.15, 0.2) is 45.8 Å². The van der Waals surface area contributed by atoms with Crippen LogP contribution in [0.2, 0.25) is 0 Å². The van der Waals surface area contributed by atoms with Crippen LogP contribution in [0.3, 0.4) is 0 Å². The van der Waals surface area contributed by atoms with Gasteiger partial charge in [0.2, 0.25) is 11.2 Å². The lowest BCUT2D eigenvalue weighted by atomic mass is 10.1. The number of para-hydroxylation sites is 1. The summed E-state index contributed by atoms with van der Waals surface area (Å²) >= 11 is 0. The van der Waals surface area contributed by atoms with Crippen molar-refractivity contribution in [3.63, 3.8) is 0 Å². The molecule has 0 bridgehead atoms. The van der Waals surface area contributed by atoms with Gasteiger partial charge in [0.05, 0.1) is 18.0 Å². The molecular formula is C19H21NO7. The van der Waals surface area contributed by atoms with Crippen molar-refractivity contribution >= 4 is 11.7 Å². The molecule has 0 spiro atoms. The number of nitro groups is 1. The summed E-state index contributed by atoms with van der Waals surface area (Å²) < 4.78 is 15.7. The van der Waals surface area contributed by atoms with Crippen LogP contribution in [-0.4, -0.2) is 17.5 Å². The van der Waals surface area contributed by atoms with Crippen LogP contribution < -0.4 is 10.2 Å². The van der Waals surface area contributed by atoms with Crippen molar-refractivity contribution in [2.45, 2.75) is 33.3 Å². The van der Waals surface area contributed by atoms with E-state index in [1.165, 1.54) is 30.5 Å². The monoisotopic (exact) mass is 375 g/mol. The fourth-order valence-corrected chi connectivity index (χ4v) is 2.22. The van der Waals surface area contributed by atoms with E-state index in [9.17, 15) is 19.7 Å². The molecule has 1 aromatic carbocycles. The number of ether oxygens (including phenoxy) is 2. The van der Waals surface area contributed by atoms with Gasteiger partial charge in [0.15, 0.2) is 0 Å². The molecular weight excluding hydrogens is 354 g/mol. The molecule has 0 unspecified atom stereocenters. The van der Waals surface area contributed by atoms with Crippen molar-refractivity contribution in [2.24, 2.45) is 5.92 Å². The van der Waals surface area contributed by atoms with E-state index < -0.39 is 10.9 Å². The van der Waals surface area contributed by atoms with E-state index in [1.54, 1.807) is 6.07 Å². The summed E-state index contributed by atoms with van der Waals surface area (Å²) in [5.41, 5.74) is -0.263. The molecule has 0 atom stereocenters. The number of esters is 1. The summed E-state index contributed by atoms with van der Waals surface area (Å²) in [5, 5.41) is 11.0. The predicted molar refractivity (Wildman–Crippen MR) is 96.5 cm³/mol. The number of nitrogens with zero attached hydrogens (tertiary/aromatic N) is 1. The van der Waals surface area contributed by atoms with Gasteiger partial charge < -0.3 is 13.9 Å². The second kappa shape index (κ2) is 9.51. The van der Waals surface area contributed by atoms with E-state index >= 15 is 0 Å². The average Bonchev–Trinajstić information content (AvgIpc) is 2.61. The third-order valence-electron chi connectivity index (χ3n) is 3.70. The van der Waals surface area contributed by atoms with Crippen LogP contribution in [0.25, 0.3) is 0 Å². The molecule has 0 radical (unpaired) electrons. The van der Waals surface area contributed by atoms with Gasteiger partial charge in [-0.1, -0.05) is 32.0 Å². The fraction of sp³-hybridized carbons (Fsp3) is 0.368. The van der Waals surface area contributed by atoms with E-state index in [0.29, 0.717) is 12.5 Å². The summed E-state index contributed by atoms with van der Waals surface area (Å²) in [6.45, 7) is 4.26. The Morgan fingerprint density at radius 1 is 1.30 bits per heavy atom. The minimum absolute atomic E-state index is 0.102. The fourth-order valence-electron chi connectivity index (χ4n) is 2.22. The molecule has 1 heterocycles. The number of hydrogen-bond donors (Lipinski definition) is 0. The van der Waals surface area contributed by atoms with Crippen molar-refractivity contribution in [3.05, 3.63) is 68.3 Å². The molecule has 0 saturated heterocycles. The Hall–Kier alpha value is -3.16. The quantitative estimate of drug-likeness (QED) is 0.376. The Labute approximate surface area is 155 Å². The zero-order chi connectivity index (χ0) is 19.8. The van der Waals surface area contributed by atoms with Gasteiger partial charge in [-0.3, -0.25) is 19.7 Å². The van der Waals surface area contributed by atoms with Crippen LogP contribution in [0, 0.1) is 16.0 Å². The van der Waals surface area contributed by atoms with Gasteiger partial charge in [-0.25, -0.2) is 0 Å². The lowest BCUT2D eigenvalue weighted by Crippen LogP contribution is -2.12. The van der Waals surface area contributed by atoms with Crippen molar-refractivity contribution in [1.29, 1.82) is 0 Å². The molecule has 0 amide bonds. The number of nitro benzene ring substituents is 1. The van der Waals surface area contributed by atoms with Gasteiger partial charge in [0.25, 0.3) is 5.69 Å². The molecule has 8 heteroatoms. The maximum Gasteiger partial charge on any atom is 0.310 e. The predicted octanol–water partition coefficient (Wildman–Crippen LogP) is 3.26. The maximum absolute atomic E-state index is 12.0. The Bertz CT molecular complexity index is 857. The van der Waals surface area contributed by atoms with E-state index in [1.807, 2.05) is 13.8 Å². The first-order valence-electron chi connectivity index (χ1n) is 8.49. The molecule has 1 aromatic heterocycles. The third kappa shape index (κ3) is 6.25. The molecule has 27 heavy (non-hydrogen) atoms. The first-order valence-corrected chi connectivity index (χ1v) is 8.49. The second-order valence-corrected chi connectivity index (χ2v) is 6.33. The van der Waals surface area contributed by atoms with E-state index in [4.69, 9.17) is 13.9 Å². The molecule has 8 nitrogen and oxygen atoms in total. The molecule has 2 rings (SSSR count). The standard InChI is InChI=1S/C19H21NO7/c1-13(2)7-8-25-18-12-26-15(10-17(18)21)11-27-19(22)9-14-5-3-4-6-16(14)20(23)24/h3-6,10,12-13H,7-9,11H2,1-2H3. The van der Waals surface area contributed by atoms with Crippen molar-refractivity contribution in [1.82, 2.24) is 0 Å². The van der Waals surface area contributed by atoms with Gasteiger partial charge in [-0.05, 0) is 12.3 Å². The first kappa shape index (κ1) is 20.2. The number of carbonyl (C=O) groups excluding carboxylic acids is 1. The number of benzene rings is 1. The molecule has 0 aliphatic rings. The zero-order valence-corrected chi connectivity index (χ0v) is 15.2. The average molecular weight is 375 g/mol. The van der Waals surface area contributed by atoms with Gasteiger partial charge in [0.1, 0.15) is 18.6 Å². The normalized spacial score (nSPS) is 10.6. The minimum Gasteiger partial charge on any atom is -0.487 e. The van der Waals surface area contributed by atoms with Crippen LogP contribution in [0.1, 0.15) is 31.6 Å². The van der Waals surface area contributed by atoms with Gasteiger partial charge in [0, 0.05) is 17.7 Å². The SMILES string of the molecule is CC(C)CCOc1coc(COC(=O)Cc2ccccc2[N+](=O)[O-])cc1=O. The highest BCUT2D eigenvalue weighted by Crippen LogP contribution is 2.18. The molecule has 2 aromatic rings. The highest BCUT2D eigenvalue weighted by atomic mass is 16.6. The largest absolute Gasteiger partial charge is 0.487 e. The van der Waals surface area contributed by atoms with Crippen molar-refractivity contribution in [3.8, 4) is 5.75 Å². The van der Waals surface area contributed by atoms with Crippen LogP contribution in [0.5, 0.6) is 5.75 Å². The zero-order valence-electron chi connectivity index (χ0n) is 15.2. The highest BCUT2D eigenvalue weighted by molar-refractivity contribution is 5.74. The van der Waals surface area contributed by atoms with E-state index in [-0.39, 0.29) is 41.2 Å². The van der Waals surface area contributed by atoms with Crippen molar-refractivity contribution in [2.75, 3.05) is 6.61 Å². The van der Waals surface area contributed by atoms with Gasteiger partial charge in [-0.2, -0.15) is 0 Å². The van der Waals surface area contributed by atoms with Crippen LogP contribution in [-0.2, 0) is 22.6 Å². The summed E-state index contributed by atoms with van der Waals surface area (Å²) in [4.78, 5) is 34.3. The molecule has 0 aliphatic heterocycles. The summed E-state index contributed by atoms with van der Waals surface area (Å²) in [6, 6.07) is 7.13. The first-order chi connectivity index (χ1) is 12.9. The molecule has 0 aliphatic carbocycles. The van der Waals surface area contributed by atoms with Gasteiger partial charge >= 0.3 is 5.97 Å². The lowest BCUT2D eigenvalue weighted by Gasteiger charge is -2.08. The Balaban J connectivity index is 1.91. The summed E-state index contributed by atoms with van der Waals surface area (Å²) in [6.07, 6.45) is 1.75.